The maximum absolute atomic E-state index is 11.2. The highest BCUT2D eigenvalue weighted by atomic mass is 16.3. The molecule has 0 saturated heterocycles. The molecule has 1 aromatic carbocycles. The smallest absolute Gasteiger partial charge is 0.0896 e. The van der Waals surface area contributed by atoms with Crippen molar-refractivity contribution in [2.75, 3.05) is 0 Å². The monoisotopic (exact) mass is 285 g/mol. The molecule has 0 radical (unpaired) electrons. The van der Waals surface area contributed by atoms with E-state index in [1.807, 2.05) is 6.20 Å². The fraction of sp³-hybridized carbons (Fsp3) is 0.579. The lowest BCUT2D eigenvalue weighted by Crippen LogP contribution is -2.25. The van der Waals surface area contributed by atoms with Gasteiger partial charge in [-0.25, -0.2) is 0 Å². The summed E-state index contributed by atoms with van der Waals surface area (Å²) in [7, 11) is 0. The molecule has 2 N–H and O–H groups in total. The molecular formula is C19H27NO. The first kappa shape index (κ1) is 14.6. The van der Waals surface area contributed by atoms with E-state index >= 15 is 0 Å². The lowest BCUT2D eigenvalue weighted by molar-refractivity contribution is 0.0181. The van der Waals surface area contributed by atoms with E-state index in [-0.39, 0.29) is 0 Å². The molecule has 1 saturated carbocycles. The van der Waals surface area contributed by atoms with Gasteiger partial charge in [0.2, 0.25) is 0 Å². The molecular weight excluding hydrogens is 258 g/mol. The molecule has 1 fully saturated rings. The van der Waals surface area contributed by atoms with Crippen LogP contribution >= 0.6 is 0 Å². The Labute approximate surface area is 127 Å². The van der Waals surface area contributed by atoms with Gasteiger partial charge in [0.05, 0.1) is 5.60 Å². The molecule has 0 bridgehead atoms. The second-order valence-corrected chi connectivity index (χ2v) is 7.81. The van der Waals surface area contributed by atoms with Crippen molar-refractivity contribution in [1.82, 2.24) is 4.98 Å². The van der Waals surface area contributed by atoms with E-state index in [1.54, 1.807) is 0 Å². The quantitative estimate of drug-likeness (QED) is 0.712. The molecule has 21 heavy (non-hydrogen) atoms. The highest BCUT2D eigenvalue weighted by molar-refractivity contribution is 5.80. The molecule has 2 nitrogen and oxygen atoms in total. The van der Waals surface area contributed by atoms with Gasteiger partial charge in [-0.1, -0.05) is 26.8 Å². The number of rotatable bonds is 1. The molecule has 1 aromatic heterocycles. The van der Waals surface area contributed by atoms with Crippen LogP contribution in [0.5, 0.6) is 0 Å². The van der Waals surface area contributed by atoms with Gasteiger partial charge in [0.25, 0.3) is 0 Å². The summed E-state index contributed by atoms with van der Waals surface area (Å²) < 4.78 is 0. The summed E-state index contributed by atoms with van der Waals surface area (Å²) in [6, 6.07) is 8.42. The van der Waals surface area contributed by atoms with Gasteiger partial charge >= 0.3 is 0 Å². The number of aromatic nitrogens is 1. The number of benzene rings is 1. The first-order chi connectivity index (χ1) is 9.88. The first-order valence-electron chi connectivity index (χ1n) is 8.18. The van der Waals surface area contributed by atoms with Crippen LogP contribution in [-0.2, 0) is 5.60 Å². The molecule has 0 spiro atoms. The Kier molecular flexibility index (Phi) is 3.61. The van der Waals surface area contributed by atoms with E-state index in [0.717, 1.165) is 36.8 Å². The second-order valence-electron chi connectivity index (χ2n) is 7.81. The van der Waals surface area contributed by atoms with Crippen molar-refractivity contribution < 1.29 is 5.11 Å². The van der Waals surface area contributed by atoms with Crippen molar-refractivity contribution in [2.45, 2.75) is 58.5 Å². The Bertz CT molecular complexity index is 622. The minimum Gasteiger partial charge on any atom is -0.385 e. The average Bonchev–Trinajstić information content (AvgIpc) is 2.78. The molecule has 1 aliphatic carbocycles. The molecule has 2 aromatic rings. The van der Waals surface area contributed by atoms with Crippen LogP contribution in [0.3, 0.4) is 0 Å². The van der Waals surface area contributed by atoms with E-state index in [1.165, 1.54) is 11.8 Å². The Balaban J connectivity index is 1.86. The summed E-state index contributed by atoms with van der Waals surface area (Å²) in [6.45, 7) is 6.98. The maximum Gasteiger partial charge on any atom is 0.0896 e. The molecule has 0 amide bonds. The summed E-state index contributed by atoms with van der Waals surface area (Å²) in [5.41, 5.74) is 1.93. The molecule has 2 unspecified atom stereocenters. The molecule has 0 aliphatic heterocycles. The number of fused-ring (bicyclic) bond motifs is 1. The Morgan fingerprint density at radius 2 is 1.95 bits per heavy atom. The molecule has 1 aliphatic rings. The van der Waals surface area contributed by atoms with Gasteiger partial charge in [-0.15, -0.1) is 0 Å². The number of aromatic amines is 1. The van der Waals surface area contributed by atoms with E-state index in [0.29, 0.717) is 11.3 Å². The predicted octanol–water partition coefficient (Wildman–Crippen LogP) is 4.98. The minimum absolute atomic E-state index is 0.343. The summed E-state index contributed by atoms with van der Waals surface area (Å²) in [6.07, 6.45) is 7.19. The van der Waals surface area contributed by atoms with E-state index in [2.05, 4.69) is 50.0 Å². The lowest BCUT2D eigenvalue weighted by atomic mass is 9.76. The molecule has 2 atom stereocenters. The molecule has 114 valence electrons. The van der Waals surface area contributed by atoms with Crippen LogP contribution in [0.1, 0.15) is 58.4 Å². The SMILES string of the molecule is CC(C)(C)C1CCCC(O)(c2ccc3[nH]ccc3c2)CC1. The van der Waals surface area contributed by atoms with Crippen molar-refractivity contribution >= 4 is 10.9 Å². The summed E-state index contributed by atoms with van der Waals surface area (Å²) in [5.74, 6) is 0.711. The van der Waals surface area contributed by atoms with Gasteiger partial charge in [0.15, 0.2) is 0 Å². The van der Waals surface area contributed by atoms with Gasteiger partial charge < -0.3 is 10.1 Å². The number of nitrogens with one attached hydrogen (secondary N) is 1. The molecule has 2 heteroatoms. The highest BCUT2D eigenvalue weighted by Gasteiger charge is 2.35. The first-order valence-corrected chi connectivity index (χ1v) is 8.18. The largest absolute Gasteiger partial charge is 0.385 e. The normalized spacial score (nSPS) is 27.7. The van der Waals surface area contributed by atoms with Crippen molar-refractivity contribution in [3.8, 4) is 0 Å². The van der Waals surface area contributed by atoms with Crippen molar-refractivity contribution in [3.63, 3.8) is 0 Å². The van der Waals surface area contributed by atoms with Crippen LogP contribution in [0.15, 0.2) is 30.5 Å². The van der Waals surface area contributed by atoms with Crippen LogP contribution in [-0.4, -0.2) is 10.1 Å². The number of hydrogen-bond donors (Lipinski definition) is 2. The maximum atomic E-state index is 11.2. The topological polar surface area (TPSA) is 36.0 Å². The van der Waals surface area contributed by atoms with Crippen LogP contribution in [0.4, 0.5) is 0 Å². The van der Waals surface area contributed by atoms with Crippen molar-refractivity contribution in [1.29, 1.82) is 0 Å². The summed E-state index contributed by atoms with van der Waals surface area (Å²) >= 11 is 0. The molecule has 1 heterocycles. The van der Waals surface area contributed by atoms with Crippen LogP contribution < -0.4 is 0 Å². The number of H-pyrrole nitrogens is 1. The minimum atomic E-state index is -0.647. The van der Waals surface area contributed by atoms with Gasteiger partial charge in [-0.3, -0.25) is 0 Å². The van der Waals surface area contributed by atoms with Gasteiger partial charge in [-0.2, -0.15) is 0 Å². The lowest BCUT2D eigenvalue weighted by Gasteiger charge is -2.31. The number of aliphatic hydroxyl groups is 1. The van der Waals surface area contributed by atoms with Gasteiger partial charge in [-0.05, 0) is 72.6 Å². The zero-order chi connectivity index (χ0) is 15.1. The second kappa shape index (κ2) is 5.17. The Morgan fingerprint density at radius 1 is 1.14 bits per heavy atom. The van der Waals surface area contributed by atoms with E-state index in [9.17, 15) is 5.11 Å². The third-order valence-corrected chi connectivity index (χ3v) is 5.36. The van der Waals surface area contributed by atoms with Crippen molar-refractivity contribution in [3.05, 3.63) is 36.0 Å². The van der Waals surface area contributed by atoms with E-state index in [4.69, 9.17) is 0 Å². The molecule has 3 rings (SSSR count). The fourth-order valence-electron chi connectivity index (χ4n) is 3.82. The van der Waals surface area contributed by atoms with Crippen LogP contribution in [0, 0.1) is 11.3 Å². The summed E-state index contributed by atoms with van der Waals surface area (Å²) in [5, 5.41) is 12.4. The van der Waals surface area contributed by atoms with E-state index < -0.39 is 5.60 Å². The predicted molar refractivity (Wildman–Crippen MR) is 88.2 cm³/mol. The van der Waals surface area contributed by atoms with Crippen LogP contribution in [0.2, 0.25) is 0 Å². The van der Waals surface area contributed by atoms with Gasteiger partial charge in [0.1, 0.15) is 0 Å². The zero-order valence-electron chi connectivity index (χ0n) is 13.4. The van der Waals surface area contributed by atoms with Crippen LogP contribution in [0.25, 0.3) is 10.9 Å². The van der Waals surface area contributed by atoms with Crippen molar-refractivity contribution in [2.24, 2.45) is 11.3 Å². The standard InChI is InChI=1S/C19H27NO/c1-18(2,3)15-5-4-10-19(21,11-8-15)16-6-7-17-14(13-16)9-12-20-17/h6-7,9,12-13,15,20-21H,4-5,8,10-11H2,1-3H3. The highest BCUT2D eigenvalue weighted by Crippen LogP contribution is 2.43. The Hall–Kier alpha value is -1.28. The third-order valence-electron chi connectivity index (χ3n) is 5.36. The third kappa shape index (κ3) is 2.87. The zero-order valence-corrected chi connectivity index (χ0v) is 13.4. The average molecular weight is 285 g/mol. The van der Waals surface area contributed by atoms with Gasteiger partial charge in [0, 0.05) is 11.7 Å². The fourth-order valence-corrected chi connectivity index (χ4v) is 3.82. The summed E-state index contributed by atoms with van der Waals surface area (Å²) in [4.78, 5) is 3.22. The Morgan fingerprint density at radius 3 is 2.71 bits per heavy atom. The number of hydrogen-bond acceptors (Lipinski definition) is 1.